The van der Waals surface area contributed by atoms with Gasteiger partial charge in [-0.15, -0.1) is 0 Å². The molecule has 0 saturated heterocycles. The van der Waals surface area contributed by atoms with E-state index in [0.717, 1.165) is 28.1 Å². The van der Waals surface area contributed by atoms with E-state index in [0.29, 0.717) is 11.3 Å². The number of aromatic nitrogens is 2. The Kier molecular flexibility index (Phi) is 2.93. The second-order valence-electron chi connectivity index (χ2n) is 5.89. The lowest BCUT2D eigenvalue weighted by Gasteiger charge is -2.20. The Labute approximate surface area is 118 Å². The maximum Gasteiger partial charge on any atom is 0.178 e. The molecule has 2 aromatic rings. The molecule has 1 heterocycles. The minimum atomic E-state index is 0.441. The predicted molar refractivity (Wildman–Crippen MR) is 80.2 cm³/mol. The van der Waals surface area contributed by atoms with Crippen molar-refractivity contribution in [3.05, 3.63) is 23.0 Å². The van der Waals surface area contributed by atoms with E-state index in [1.165, 1.54) is 12.8 Å². The summed E-state index contributed by atoms with van der Waals surface area (Å²) >= 11 is 5.49. The zero-order valence-electron chi connectivity index (χ0n) is 11.7. The van der Waals surface area contributed by atoms with Crippen molar-refractivity contribution < 1.29 is 4.74 Å². The fourth-order valence-electron chi connectivity index (χ4n) is 2.87. The largest absolute Gasteiger partial charge is 0.494 e. The van der Waals surface area contributed by atoms with E-state index in [2.05, 4.69) is 29.5 Å². The van der Waals surface area contributed by atoms with Crippen LogP contribution in [0, 0.1) is 16.1 Å². The van der Waals surface area contributed by atoms with Gasteiger partial charge in [0.15, 0.2) is 4.77 Å². The van der Waals surface area contributed by atoms with E-state index in [9.17, 15) is 0 Å². The van der Waals surface area contributed by atoms with Crippen LogP contribution in [0.1, 0.15) is 26.7 Å². The normalized spacial score (nSPS) is 17.1. The summed E-state index contributed by atoms with van der Waals surface area (Å²) in [6, 6.07) is 6.10. The van der Waals surface area contributed by atoms with Crippen LogP contribution >= 0.6 is 12.2 Å². The molecular weight excluding hydrogens is 256 g/mol. The summed E-state index contributed by atoms with van der Waals surface area (Å²) in [7, 11) is 1.69. The minimum Gasteiger partial charge on any atom is -0.494 e. The van der Waals surface area contributed by atoms with Gasteiger partial charge in [0.05, 0.1) is 12.6 Å². The summed E-state index contributed by atoms with van der Waals surface area (Å²) in [4.78, 5) is 3.29. The summed E-state index contributed by atoms with van der Waals surface area (Å²) in [6.45, 7) is 5.63. The summed E-state index contributed by atoms with van der Waals surface area (Å²) in [5.41, 5.74) is 2.60. The second kappa shape index (κ2) is 4.37. The molecular formula is C15H20N2OS. The average Bonchev–Trinajstić information content (AvgIpc) is 3.11. The van der Waals surface area contributed by atoms with Crippen LogP contribution in [-0.4, -0.2) is 16.7 Å². The molecule has 1 aromatic heterocycles. The van der Waals surface area contributed by atoms with Gasteiger partial charge in [-0.1, -0.05) is 19.9 Å². The van der Waals surface area contributed by atoms with Crippen LogP contribution in [0.5, 0.6) is 5.75 Å². The minimum absolute atomic E-state index is 0.441. The van der Waals surface area contributed by atoms with Crippen molar-refractivity contribution in [1.82, 2.24) is 9.55 Å². The van der Waals surface area contributed by atoms with Crippen molar-refractivity contribution >= 4 is 23.3 Å². The number of fused-ring (bicyclic) bond motifs is 1. The van der Waals surface area contributed by atoms with Crippen molar-refractivity contribution in [2.75, 3.05) is 7.11 Å². The van der Waals surface area contributed by atoms with E-state index in [1.54, 1.807) is 7.11 Å². The number of H-pyrrole nitrogens is 1. The molecule has 1 fully saturated rings. The van der Waals surface area contributed by atoms with Crippen LogP contribution in [0.25, 0.3) is 11.0 Å². The Bertz CT molecular complexity index is 664. The standard InChI is InChI=1S/C15H20N2OS/c1-10(2)15(7-8-15)9-17-11-5-4-6-12(18-3)13(11)16-14(17)19/h4-6,10H,7-9H2,1-3H3,(H,16,19). The highest BCUT2D eigenvalue weighted by Crippen LogP contribution is 2.53. The lowest BCUT2D eigenvalue weighted by atomic mass is 9.92. The zero-order valence-corrected chi connectivity index (χ0v) is 12.5. The first-order valence-corrected chi connectivity index (χ1v) is 7.24. The molecule has 0 radical (unpaired) electrons. The number of imidazole rings is 1. The quantitative estimate of drug-likeness (QED) is 0.850. The van der Waals surface area contributed by atoms with E-state index in [4.69, 9.17) is 17.0 Å². The molecule has 0 spiro atoms. The van der Waals surface area contributed by atoms with Crippen LogP contribution in [0.3, 0.4) is 0 Å². The maximum atomic E-state index is 5.49. The predicted octanol–water partition coefficient (Wildman–Crippen LogP) is 4.14. The Balaban J connectivity index is 2.09. The highest BCUT2D eigenvalue weighted by molar-refractivity contribution is 7.71. The van der Waals surface area contributed by atoms with Gasteiger partial charge in [-0.05, 0) is 48.5 Å². The molecule has 4 heteroatoms. The summed E-state index contributed by atoms with van der Waals surface area (Å²) in [5, 5.41) is 0. The van der Waals surface area contributed by atoms with Gasteiger partial charge in [0.2, 0.25) is 0 Å². The van der Waals surface area contributed by atoms with Crippen LogP contribution in [0.4, 0.5) is 0 Å². The third-order valence-corrected chi connectivity index (χ3v) is 4.90. The topological polar surface area (TPSA) is 29.9 Å². The lowest BCUT2D eigenvalue weighted by molar-refractivity contribution is 0.311. The van der Waals surface area contributed by atoms with Gasteiger partial charge in [0.25, 0.3) is 0 Å². The van der Waals surface area contributed by atoms with Crippen molar-refractivity contribution in [2.45, 2.75) is 33.2 Å². The van der Waals surface area contributed by atoms with E-state index in [-0.39, 0.29) is 0 Å². The molecule has 102 valence electrons. The smallest absolute Gasteiger partial charge is 0.178 e. The van der Waals surface area contributed by atoms with Gasteiger partial charge in [0, 0.05) is 6.54 Å². The van der Waals surface area contributed by atoms with Crippen molar-refractivity contribution in [3.8, 4) is 5.75 Å². The van der Waals surface area contributed by atoms with Crippen LogP contribution < -0.4 is 4.74 Å². The van der Waals surface area contributed by atoms with Gasteiger partial charge < -0.3 is 14.3 Å². The number of ether oxygens (including phenoxy) is 1. The van der Waals surface area contributed by atoms with Crippen LogP contribution in [-0.2, 0) is 6.54 Å². The van der Waals surface area contributed by atoms with Crippen molar-refractivity contribution in [3.63, 3.8) is 0 Å². The summed E-state index contributed by atoms with van der Waals surface area (Å²) in [6.07, 6.45) is 2.62. The Morgan fingerprint density at radius 2 is 2.16 bits per heavy atom. The highest BCUT2D eigenvalue weighted by atomic mass is 32.1. The molecule has 0 unspecified atom stereocenters. The number of hydrogen-bond donors (Lipinski definition) is 1. The fourth-order valence-corrected chi connectivity index (χ4v) is 3.14. The van der Waals surface area contributed by atoms with Gasteiger partial charge in [0.1, 0.15) is 11.3 Å². The molecule has 0 atom stereocenters. The SMILES string of the molecule is COc1cccc2c1[nH]c(=S)n2CC1(C(C)C)CC1. The Morgan fingerprint density at radius 1 is 1.42 bits per heavy atom. The number of hydrogen-bond acceptors (Lipinski definition) is 2. The van der Waals surface area contributed by atoms with Gasteiger partial charge in [-0.2, -0.15) is 0 Å². The number of methoxy groups -OCH3 is 1. The fraction of sp³-hybridized carbons (Fsp3) is 0.533. The molecule has 1 aromatic carbocycles. The number of para-hydroxylation sites is 1. The number of nitrogens with zero attached hydrogens (tertiary/aromatic N) is 1. The second-order valence-corrected chi connectivity index (χ2v) is 6.27. The maximum absolute atomic E-state index is 5.49. The van der Waals surface area contributed by atoms with E-state index < -0.39 is 0 Å². The third-order valence-electron chi connectivity index (χ3n) is 4.58. The van der Waals surface area contributed by atoms with E-state index >= 15 is 0 Å². The van der Waals surface area contributed by atoms with Gasteiger partial charge in [-0.3, -0.25) is 0 Å². The molecule has 1 aliphatic carbocycles. The molecule has 1 N–H and O–H groups in total. The molecule has 3 rings (SSSR count). The molecule has 1 saturated carbocycles. The first-order chi connectivity index (χ1) is 9.07. The number of benzene rings is 1. The van der Waals surface area contributed by atoms with Gasteiger partial charge in [-0.25, -0.2) is 0 Å². The van der Waals surface area contributed by atoms with Crippen molar-refractivity contribution in [2.24, 2.45) is 11.3 Å². The molecule has 0 aliphatic heterocycles. The number of nitrogens with one attached hydrogen (secondary N) is 1. The number of aromatic amines is 1. The third kappa shape index (κ3) is 1.98. The molecule has 1 aliphatic rings. The Morgan fingerprint density at radius 3 is 2.74 bits per heavy atom. The molecule has 0 amide bonds. The summed E-state index contributed by atoms with van der Waals surface area (Å²) in [5.74, 6) is 1.56. The monoisotopic (exact) mass is 276 g/mol. The molecule has 0 bridgehead atoms. The molecule has 3 nitrogen and oxygen atoms in total. The van der Waals surface area contributed by atoms with Crippen LogP contribution in [0.2, 0.25) is 0 Å². The lowest BCUT2D eigenvalue weighted by Crippen LogP contribution is -2.17. The number of rotatable bonds is 4. The van der Waals surface area contributed by atoms with E-state index in [1.807, 2.05) is 12.1 Å². The first-order valence-electron chi connectivity index (χ1n) is 6.83. The van der Waals surface area contributed by atoms with Crippen LogP contribution in [0.15, 0.2) is 18.2 Å². The first kappa shape index (κ1) is 12.7. The van der Waals surface area contributed by atoms with Crippen molar-refractivity contribution in [1.29, 1.82) is 0 Å². The zero-order chi connectivity index (χ0) is 13.6. The molecule has 19 heavy (non-hydrogen) atoms. The van der Waals surface area contributed by atoms with Gasteiger partial charge >= 0.3 is 0 Å². The highest BCUT2D eigenvalue weighted by Gasteiger charge is 2.45. The Hall–Kier alpha value is -1.29. The average molecular weight is 276 g/mol. The summed E-state index contributed by atoms with van der Waals surface area (Å²) < 4.78 is 8.43.